The quantitative estimate of drug-likeness (QED) is 0.302. The average molecular weight is 569 g/mol. The zero-order chi connectivity index (χ0) is 27.9. The minimum Gasteiger partial charge on any atom is -0.487 e. The summed E-state index contributed by atoms with van der Waals surface area (Å²) >= 11 is 6.83. The number of halogens is 1. The molecule has 1 aliphatic heterocycles. The van der Waals surface area contributed by atoms with Crippen LogP contribution in [0.3, 0.4) is 0 Å². The molecule has 0 bridgehead atoms. The minimum absolute atomic E-state index is 0.0108. The molecule has 0 N–H and O–H groups in total. The first-order chi connectivity index (χ1) is 18.6. The predicted molar refractivity (Wildman–Crippen MR) is 149 cm³/mol. The van der Waals surface area contributed by atoms with Crippen LogP contribution < -0.4 is 9.04 Å². The fourth-order valence-corrected chi connectivity index (χ4v) is 7.00. The number of aryl methyl sites for hydroxylation is 2. The Kier molecular flexibility index (Phi) is 7.26. The van der Waals surface area contributed by atoms with Gasteiger partial charge in [0.1, 0.15) is 22.3 Å². The summed E-state index contributed by atoms with van der Waals surface area (Å²) in [5.41, 5.74) is 3.94. The summed E-state index contributed by atoms with van der Waals surface area (Å²) in [5, 5.41) is 8.64. The van der Waals surface area contributed by atoms with Crippen LogP contribution in [0.2, 0.25) is 5.02 Å². The first kappa shape index (κ1) is 27.0. The molecule has 9 nitrogen and oxygen atoms in total. The first-order valence-corrected chi connectivity index (χ1v) is 14.5. The molecule has 0 aliphatic carbocycles. The van der Waals surface area contributed by atoms with Crippen LogP contribution in [0, 0.1) is 6.92 Å². The lowest BCUT2D eigenvalue weighted by Gasteiger charge is -2.27. The number of fused-ring (bicyclic) bond motifs is 2. The van der Waals surface area contributed by atoms with Gasteiger partial charge >= 0.3 is 5.97 Å². The number of hydrogen-bond acceptors (Lipinski definition) is 7. The summed E-state index contributed by atoms with van der Waals surface area (Å²) in [4.78, 5) is 12.9. The van der Waals surface area contributed by atoms with E-state index < -0.39 is 28.0 Å². The van der Waals surface area contributed by atoms with E-state index in [-0.39, 0.29) is 24.5 Å². The number of rotatable bonds is 6. The van der Waals surface area contributed by atoms with Crippen molar-refractivity contribution in [3.63, 3.8) is 0 Å². The molecular formula is C28H29ClN4O5S. The van der Waals surface area contributed by atoms with Gasteiger partial charge in [-0.3, -0.25) is 9.10 Å². The standard InChI is InChI=1S/C28H29ClN4O5S/c1-5-37-26(34)15-21(20-12-13-22-28(27(20)29)30-31-32(22)4)19-11-10-17(2)23(14-19)33-16-18(3)38-24-8-6-7-9-25(24)39(33,35)36/h6-14,18,21H,5,15-16H2,1-4H3/t18-,21?/m1/s1. The normalized spacial score (nSPS) is 17.3. The Labute approximate surface area is 232 Å². The number of benzene rings is 3. The Morgan fingerprint density at radius 1 is 1.21 bits per heavy atom. The van der Waals surface area contributed by atoms with Gasteiger partial charge < -0.3 is 9.47 Å². The van der Waals surface area contributed by atoms with E-state index in [0.29, 0.717) is 27.5 Å². The van der Waals surface area contributed by atoms with Gasteiger partial charge in [0.25, 0.3) is 10.0 Å². The second kappa shape index (κ2) is 10.5. The number of esters is 1. The smallest absolute Gasteiger partial charge is 0.306 e. The van der Waals surface area contributed by atoms with E-state index in [1.165, 1.54) is 4.31 Å². The molecule has 2 atom stereocenters. The molecule has 3 aromatic carbocycles. The Morgan fingerprint density at radius 2 is 1.97 bits per heavy atom. The van der Waals surface area contributed by atoms with E-state index in [1.54, 1.807) is 42.9 Å². The van der Waals surface area contributed by atoms with E-state index in [4.69, 9.17) is 21.1 Å². The lowest BCUT2D eigenvalue weighted by Crippen LogP contribution is -2.36. The number of para-hydroxylation sites is 1. The molecule has 1 unspecified atom stereocenters. The van der Waals surface area contributed by atoms with Crippen molar-refractivity contribution in [3.05, 3.63) is 76.3 Å². The monoisotopic (exact) mass is 568 g/mol. The molecule has 0 saturated heterocycles. The lowest BCUT2D eigenvalue weighted by molar-refractivity contribution is -0.143. The van der Waals surface area contributed by atoms with Gasteiger partial charge in [0.2, 0.25) is 0 Å². The van der Waals surface area contributed by atoms with Crippen molar-refractivity contribution in [2.45, 2.75) is 44.1 Å². The summed E-state index contributed by atoms with van der Waals surface area (Å²) in [6.45, 7) is 5.81. The first-order valence-electron chi connectivity index (χ1n) is 12.6. The van der Waals surface area contributed by atoms with Crippen LogP contribution in [-0.2, 0) is 26.6 Å². The Balaban J connectivity index is 1.65. The molecule has 11 heteroatoms. The predicted octanol–water partition coefficient (Wildman–Crippen LogP) is 4.99. The molecule has 1 aromatic heterocycles. The van der Waals surface area contributed by atoms with Crippen LogP contribution >= 0.6 is 11.6 Å². The van der Waals surface area contributed by atoms with Gasteiger partial charge in [-0.05, 0) is 61.7 Å². The maximum Gasteiger partial charge on any atom is 0.306 e. The average Bonchev–Trinajstić information content (AvgIpc) is 3.24. The third kappa shape index (κ3) is 4.94. The van der Waals surface area contributed by atoms with Crippen LogP contribution in [0.4, 0.5) is 5.69 Å². The third-order valence-corrected chi connectivity index (χ3v) is 9.09. The highest BCUT2D eigenvalue weighted by atomic mass is 35.5. The van der Waals surface area contributed by atoms with Gasteiger partial charge in [-0.1, -0.05) is 47.1 Å². The van der Waals surface area contributed by atoms with E-state index >= 15 is 0 Å². The zero-order valence-corrected chi connectivity index (χ0v) is 23.7. The number of anilines is 1. The van der Waals surface area contributed by atoms with Crippen molar-refractivity contribution in [1.82, 2.24) is 15.0 Å². The van der Waals surface area contributed by atoms with Gasteiger partial charge in [-0.25, -0.2) is 13.1 Å². The van der Waals surface area contributed by atoms with Crippen molar-refractivity contribution < 1.29 is 22.7 Å². The third-order valence-electron chi connectivity index (χ3n) is 6.88. The molecule has 39 heavy (non-hydrogen) atoms. The van der Waals surface area contributed by atoms with Crippen molar-refractivity contribution in [1.29, 1.82) is 0 Å². The van der Waals surface area contributed by atoms with Crippen LogP contribution in [0.15, 0.2) is 59.5 Å². The number of carbonyl (C=O) groups is 1. The molecule has 204 valence electrons. The maximum atomic E-state index is 13.9. The van der Waals surface area contributed by atoms with E-state index in [1.807, 2.05) is 44.2 Å². The zero-order valence-electron chi connectivity index (χ0n) is 22.1. The van der Waals surface area contributed by atoms with Crippen LogP contribution in [0.25, 0.3) is 11.0 Å². The molecule has 0 fully saturated rings. The fourth-order valence-electron chi connectivity index (χ4n) is 4.95. The highest BCUT2D eigenvalue weighted by Crippen LogP contribution is 2.40. The van der Waals surface area contributed by atoms with Gasteiger partial charge in [0.15, 0.2) is 0 Å². The number of aromatic nitrogens is 3. The Bertz CT molecular complexity index is 1670. The summed E-state index contributed by atoms with van der Waals surface area (Å²) < 4.78 is 42.0. The van der Waals surface area contributed by atoms with Crippen LogP contribution in [0.5, 0.6) is 5.75 Å². The van der Waals surface area contributed by atoms with Gasteiger partial charge in [-0.15, -0.1) is 5.10 Å². The lowest BCUT2D eigenvalue weighted by atomic mass is 9.87. The van der Waals surface area contributed by atoms with Crippen molar-refractivity contribution in [2.24, 2.45) is 7.05 Å². The Hall–Kier alpha value is -3.63. The van der Waals surface area contributed by atoms with Crippen LogP contribution in [0.1, 0.15) is 42.9 Å². The highest BCUT2D eigenvalue weighted by molar-refractivity contribution is 7.93. The molecule has 1 aliphatic rings. The number of ether oxygens (including phenoxy) is 2. The van der Waals surface area contributed by atoms with Crippen LogP contribution in [-0.4, -0.2) is 48.6 Å². The van der Waals surface area contributed by atoms with E-state index in [2.05, 4.69) is 10.3 Å². The van der Waals surface area contributed by atoms with Gasteiger partial charge in [0, 0.05) is 13.0 Å². The molecule has 5 rings (SSSR count). The molecular weight excluding hydrogens is 540 g/mol. The van der Waals surface area contributed by atoms with E-state index in [9.17, 15) is 13.2 Å². The largest absolute Gasteiger partial charge is 0.487 e. The Morgan fingerprint density at radius 3 is 2.74 bits per heavy atom. The molecule has 0 spiro atoms. The van der Waals surface area contributed by atoms with E-state index in [0.717, 1.165) is 16.6 Å². The number of sulfonamides is 1. The number of carbonyl (C=O) groups excluding carboxylic acids is 1. The summed E-state index contributed by atoms with van der Waals surface area (Å²) in [6, 6.07) is 15.9. The maximum absolute atomic E-state index is 13.9. The molecule has 0 saturated carbocycles. The molecule has 0 amide bonds. The second-order valence-electron chi connectivity index (χ2n) is 9.57. The molecule has 4 aromatic rings. The minimum atomic E-state index is -3.93. The number of hydrogen-bond donors (Lipinski definition) is 0. The second-order valence-corrected chi connectivity index (χ2v) is 11.8. The number of nitrogens with zero attached hydrogens (tertiary/aromatic N) is 4. The van der Waals surface area contributed by atoms with Gasteiger partial charge in [0.05, 0.1) is 35.8 Å². The fraction of sp³-hybridized carbons (Fsp3) is 0.321. The summed E-state index contributed by atoms with van der Waals surface area (Å²) in [6.07, 6.45) is -0.382. The topological polar surface area (TPSA) is 104 Å². The summed E-state index contributed by atoms with van der Waals surface area (Å²) in [7, 11) is -2.16. The summed E-state index contributed by atoms with van der Waals surface area (Å²) in [5.74, 6) is -0.582. The van der Waals surface area contributed by atoms with Crippen molar-refractivity contribution >= 4 is 44.3 Å². The van der Waals surface area contributed by atoms with Crippen molar-refractivity contribution in [3.8, 4) is 5.75 Å². The van der Waals surface area contributed by atoms with Crippen molar-refractivity contribution in [2.75, 3.05) is 17.5 Å². The van der Waals surface area contributed by atoms with Gasteiger partial charge in [-0.2, -0.15) is 0 Å². The SMILES string of the molecule is CCOC(=O)CC(c1ccc(C)c(N2C[C@@H](C)Oc3ccccc3S2(=O)=O)c1)c1ccc2c(nnn2C)c1Cl. The molecule has 0 radical (unpaired) electrons. The highest BCUT2D eigenvalue weighted by Gasteiger charge is 2.35. The molecule has 2 heterocycles.